The molecule has 1 saturated heterocycles. The van der Waals surface area contributed by atoms with E-state index in [0.29, 0.717) is 25.9 Å². The quantitative estimate of drug-likeness (QED) is 0.646. The Labute approximate surface area is 85.5 Å². The van der Waals surface area contributed by atoms with E-state index in [9.17, 15) is 9.18 Å². The number of amides is 2. The largest absolute Gasteiger partial charge is 0.351 e. The van der Waals surface area contributed by atoms with Crippen LogP contribution in [0.5, 0.6) is 0 Å². The van der Waals surface area contributed by atoms with Crippen LogP contribution in [0.25, 0.3) is 0 Å². The Morgan fingerprint density at radius 1 is 1.43 bits per heavy atom. The SMILES string of the molecule is CC1(F)CCN(C(N)=O)CC1.CCC. The van der Waals surface area contributed by atoms with E-state index in [2.05, 4.69) is 13.8 Å². The molecule has 1 fully saturated rings. The molecule has 1 heterocycles. The van der Waals surface area contributed by atoms with Gasteiger partial charge in [0.1, 0.15) is 5.67 Å². The molecule has 3 nitrogen and oxygen atoms in total. The van der Waals surface area contributed by atoms with Crippen LogP contribution in [0.3, 0.4) is 0 Å². The lowest BCUT2D eigenvalue weighted by Crippen LogP contribution is -2.45. The van der Waals surface area contributed by atoms with Crippen molar-refractivity contribution in [1.29, 1.82) is 0 Å². The maximum Gasteiger partial charge on any atom is 0.314 e. The zero-order chi connectivity index (χ0) is 11.2. The van der Waals surface area contributed by atoms with E-state index in [0.717, 1.165) is 0 Å². The van der Waals surface area contributed by atoms with Crippen molar-refractivity contribution >= 4 is 6.03 Å². The summed E-state index contributed by atoms with van der Waals surface area (Å²) in [5, 5.41) is 0. The molecule has 1 rings (SSSR count). The number of piperidine rings is 1. The van der Waals surface area contributed by atoms with Crippen LogP contribution < -0.4 is 5.73 Å². The molecule has 2 amide bonds. The van der Waals surface area contributed by atoms with E-state index in [1.807, 2.05) is 0 Å². The molecule has 14 heavy (non-hydrogen) atoms. The number of likely N-dealkylation sites (tertiary alicyclic amines) is 1. The Hall–Kier alpha value is -0.800. The van der Waals surface area contributed by atoms with Crippen LogP contribution in [0.15, 0.2) is 0 Å². The number of urea groups is 1. The summed E-state index contributed by atoms with van der Waals surface area (Å²) in [6.45, 7) is 6.70. The molecule has 84 valence electrons. The number of alkyl halides is 1. The van der Waals surface area contributed by atoms with Crippen LogP contribution in [0.4, 0.5) is 9.18 Å². The van der Waals surface area contributed by atoms with E-state index in [4.69, 9.17) is 5.73 Å². The highest BCUT2D eigenvalue weighted by Crippen LogP contribution is 2.24. The van der Waals surface area contributed by atoms with Crippen LogP contribution in [0, 0.1) is 0 Å². The van der Waals surface area contributed by atoms with Crippen molar-refractivity contribution in [3.63, 3.8) is 0 Å². The van der Waals surface area contributed by atoms with Gasteiger partial charge in [0, 0.05) is 13.1 Å². The third-order valence-electron chi connectivity index (χ3n) is 2.12. The Kier molecular flexibility index (Phi) is 5.50. The maximum atomic E-state index is 13.1. The maximum absolute atomic E-state index is 13.1. The lowest BCUT2D eigenvalue weighted by atomic mass is 9.96. The predicted octanol–water partition coefficient (Wildman–Crippen LogP) is 2.31. The molecule has 0 aromatic heterocycles. The van der Waals surface area contributed by atoms with Crippen LogP contribution in [0.2, 0.25) is 0 Å². The molecule has 1 aliphatic heterocycles. The molecule has 0 atom stereocenters. The van der Waals surface area contributed by atoms with Crippen molar-refractivity contribution < 1.29 is 9.18 Å². The standard InChI is InChI=1S/C7H13FN2O.C3H8/c1-7(8)2-4-10(5-3-7)6(9)11;1-3-2/h2-5H2,1H3,(H2,9,11);3H2,1-2H3. The third kappa shape index (κ3) is 5.04. The average Bonchev–Trinajstić information content (AvgIpc) is 2.04. The van der Waals surface area contributed by atoms with Gasteiger partial charge in [-0.2, -0.15) is 0 Å². The number of carbonyl (C=O) groups excluding carboxylic acids is 1. The minimum atomic E-state index is -1.11. The van der Waals surface area contributed by atoms with Gasteiger partial charge in [0.15, 0.2) is 0 Å². The summed E-state index contributed by atoms with van der Waals surface area (Å²) < 4.78 is 13.1. The number of hydrogen-bond donors (Lipinski definition) is 1. The van der Waals surface area contributed by atoms with Crippen molar-refractivity contribution in [1.82, 2.24) is 4.90 Å². The van der Waals surface area contributed by atoms with Crippen LogP contribution in [-0.2, 0) is 0 Å². The molecule has 0 bridgehead atoms. The van der Waals surface area contributed by atoms with Crippen LogP contribution in [-0.4, -0.2) is 29.7 Å². The average molecular weight is 204 g/mol. The normalized spacial score (nSPS) is 19.6. The summed E-state index contributed by atoms with van der Waals surface area (Å²) >= 11 is 0. The van der Waals surface area contributed by atoms with Crippen LogP contribution in [0.1, 0.15) is 40.0 Å². The minimum Gasteiger partial charge on any atom is -0.351 e. The summed E-state index contributed by atoms with van der Waals surface area (Å²) in [5.41, 5.74) is 3.92. The highest BCUT2D eigenvalue weighted by atomic mass is 19.1. The van der Waals surface area contributed by atoms with Gasteiger partial charge in [0.2, 0.25) is 0 Å². The van der Waals surface area contributed by atoms with Gasteiger partial charge in [0.25, 0.3) is 0 Å². The Morgan fingerprint density at radius 3 is 2.07 bits per heavy atom. The first-order chi connectivity index (χ1) is 6.43. The molecule has 0 spiro atoms. The van der Waals surface area contributed by atoms with Gasteiger partial charge in [-0.15, -0.1) is 0 Å². The Balaban J connectivity index is 0.000000500. The fourth-order valence-corrected chi connectivity index (χ4v) is 1.19. The number of rotatable bonds is 0. The van der Waals surface area contributed by atoms with Crippen molar-refractivity contribution in [3.8, 4) is 0 Å². The molecule has 2 N–H and O–H groups in total. The van der Waals surface area contributed by atoms with Gasteiger partial charge < -0.3 is 10.6 Å². The van der Waals surface area contributed by atoms with E-state index >= 15 is 0 Å². The van der Waals surface area contributed by atoms with E-state index in [1.54, 1.807) is 6.92 Å². The van der Waals surface area contributed by atoms with Crippen molar-refractivity contribution in [2.45, 2.75) is 45.7 Å². The van der Waals surface area contributed by atoms with Gasteiger partial charge in [-0.3, -0.25) is 0 Å². The fraction of sp³-hybridized carbons (Fsp3) is 0.900. The summed E-state index contributed by atoms with van der Waals surface area (Å²) in [7, 11) is 0. The van der Waals surface area contributed by atoms with E-state index in [-0.39, 0.29) is 0 Å². The molecule has 0 saturated carbocycles. The molecule has 0 aliphatic carbocycles. The molecule has 0 aromatic carbocycles. The summed E-state index contributed by atoms with van der Waals surface area (Å²) in [6.07, 6.45) is 2.05. The van der Waals surface area contributed by atoms with Gasteiger partial charge in [-0.1, -0.05) is 20.3 Å². The first-order valence-corrected chi connectivity index (χ1v) is 5.16. The molecule has 1 aliphatic rings. The van der Waals surface area contributed by atoms with Crippen molar-refractivity contribution in [3.05, 3.63) is 0 Å². The van der Waals surface area contributed by atoms with Gasteiger partial charge >= 0.3 is 6.03 Å². The second-order valence-corrected chi connectivity index (χ2v) is 3.95. The molecule has 0 unspecified atom stereocenters. The highest BCUT2D eigenvalue weighted by Gasteiger charge is 2.30. The molecular weight excluding hydrogens is 183 g/mol. The van der Waals surface area contributed by atoms with E-state index in [1.165, 1.54) is 11.3 Å². The van der Waals surface area contributed by atoms with Gasteiger partial charge in [-0.25, -0.2) is 9.18 Å². The zero-order valence-electron chi connectivity index (χ0n) is 9.35. The molecule has 0 aromatic rings. The number of nitrogens with two attached hydrogens (primary N) is 1. The van der Waals surface area contributed by atoms with Crippen LogP contribution >= 0.6 is 0 Å². The molecular formula is C10H21FN2O. The minimum absolute atomic E-state index is 0.399. The number of halogens is 1. The third-order valence-corrected chi connectivity index (χ3v) is 2.12. The van der Waals surface area contributed by atoms with Crippen molar-refractivity contribution in [2.75, 3.05) is 13.1 Å². The first kappa shape index (κ1) is 13.2. The van der Waals surface area contributed by atoms with Gasteiger partial charge in [-0.05, 0) is 19.8 Å². The predicted molar refractivity (Wildman–Crippen MR) is 55.9 cm³/mol. The smallest absolute Gasteiger partial charge is 0.314 e. The van der Waals surface area contributed by atoms with Crippen molar-refractivity contribution in [2.24, 2.45) is 5.73 Å². The Morgan fingerprint density at radius 2 is 1.79 bits per heavy atom. The van der Waals surface area contributed by atoms with Gasteiger partial charge in [0.05, 0.1) is 0 Å². The zero-order valence-corrected chi connectivity index (χ0v) is 9.35. The lowest BCUT2D eigenvalue weighted by Gasteiger charge is -2.32. The number of hydrogen-bond acceptors (Lipinski definition) is 1. The lowest BCUT2D eigenvalue weighted by molar-refractivity contribution is 0.0897. The molecule has 0 radical (unpaired) electrons. The van der Waals surface area contributed by atoms with E-state index < -0.39 is 11.7 Å². The number of carbonyl (C=O) groups is 1. The number of primary amides is 1. The summed E-state index contributed by atoms with van der Waals surface area (Å²) in [5.74, 6) is 0. The first-order valence-electron chi connectivity index (χ1n) is 5.16. The number of nitrogens with zero attached hydrogens (tertiary/aromatic N) is 1. The highest BCUT2D eigenvalue weighted by molar-refractivity contribution is 5.72. The Bertz CT molecular complexity index is 173. The summed E-state index contributed by atoms with van der Waals surface area (Å²) in [6, 6.07) is -0.444. The summed E-state index contributed by atoms with van der Waals surface area (Å²) in [4.78, 5) is 12.1. The second-order valence-electron chi connectivity index (χ2n) is 3.95. The fourth-order valence-electron chi connectivity index (χ4n) is 1.19. The second kappa shape index (κ2) is 5.83. The monoisotopic (exact) mass is 204 g/mol. The molecule has 4 heteroatoms. The topological polar surface area (TPSA) is 46.3 Å².